The Morgan fingerprint density at radius 3 is 3.00 bits per heavy atom. The molecule has 3 nitrogen and oxygen atoms in total. The highest BCUT2D eigenvalue weighted by molar-refractivity contribution is 5.45. The minimum Gasteiger partial charge on any atom is -0.394 e. The molecule has 0 radical (unpaired) electrons. The van der Waals surface area contributed by atoms with Gasteiger partial charge in [-0.15, -0.1) is 0 Å². The van der Waals surface area contributed by atoms with Crippen LogP contribution in [0, 0.1) is 11.7 Å². The Labute approximate surface area is 114 Å². The molecule has 0 saturated heterocycles. The van der Waals surface area contributed by atoms with Gasteiger partial charge >= 0.3 is 0 Å². The lowest BCUT2D eigenvalue weighted by Gasteiger charge is -2.31. The van der Waals surface area contributed by atoms with Gasteiger partial charge in [0.2, 0.25) is 0 Å². The summed E-state index contributed by atoms with van der Waals surface area (Å²) in [6.07, 6.45) is 4.00. The molecule has 0 bridgehead atoms. The molecule has 4 heteroatoms. The van der Waals surface area contributed by atoms with Crippen molar-refractivity contribution in [3.8, 4) is 0 Å². The standard InChI is InChI=1S/C15H23FN2O/c1-18(14-6-2-5-13(16)10-14)9-7-12-4-3-8-15(12,17)11-19/h2,5-6,10,12,19H,3-4,7-9,11,17H2,1H3. The zero-order chi connectivity index (χ0) is 13.9. The number of halogens is 1. The molecule has 1 saturated carbocycles. The maximum Gasteiger partial charge on any atom is 0.125 e. The van der Waals surface area contributed by atoms with E-state index in [0.29, 0.717) is 5.92 Å². The van der Waals surface area contributed by atoms with Gasteiger partial charge in [-0.05, 0) is 43.4 Å². The first-order chi connectivity index (χ1) is 9.05. The number of benzene rings is 1. The highest BCUT2D eigenvalue weighted by Crippen LogP contribution is 2.35. The topological polar surface area (TPSA) is 49.5 Å². The molecule has 19 heavy (non-hydrogen) atoms. The second-order valence-corrected chi connectivity index (χ2v) is 5.67. The summed E-state index contributed by atoms with van der Waals surface area (Å²) in [5.41, 5.74) is 6.69. The lowest BCUT2D eigenvalue weighted by molar-refractivity contribution is 0.156. The highest BCUT2D eigenvalue weighted by Gasteiger charge is 2.38. The molecule has 1 aliphatic carbocycles. The van der Waals surface area contributed by atoms with Crippen molar-refractivity contribution in [1.29, 1.82) is 0 Å². The number of rotatable bonds is 5. The second kappa shape index (κ2) is 5.88. The lowest BCUT2D eigenvalue weighted by atomic mass is 9.86. The normalized spacial score (nSPS) is 26.6. The Morgan fingerprint density at radius 2 is 2.32 bits per heavy atom. The molecule has 0 spiro atoms. The Kier molecular flexibility index (Phi) is 4.42. The predicted molar refractivity (Wildman–Crippen MR) is 75.6 cm³/mol. The van der Waals surface area contributed by atoms with Crippen molar-refractivity contribution < 1.29 is 9.50 Å². The summed E-state index contributed by atoms with van der Waals surface area (Å²) in [6.45, 7) is 0.883. The monoisotopic (exact) mass is 266 g/mol. The molecular weight excluding hydrogens is 243 g/mol. The van der Waals surface area contributed by atoms with E-state index in [0.717, 1.165) is 37.9 Å². The van der Waals surface area contributed by atoms with Gasteiger partial charge in [0.05, 0.1) is 6.61 Å². The van der Waals surface area contributed by atoms with Gasteiger partial charge in [0.15, 0.2) is 0 Å². The molecule has 0 amide bonds. The summed E-state index contributed by atoms with van der Waals surface area (Å²) in [5, 5.41) is 9.43. The van der Waals surface area contributed by atoms with Crippen LogP contribution in [-0.2, 0) is 0 Å². The minimum atomic E-state index is -0.414. The molecule has 1 fully saturated rings. The smallest absolute Gasteiger partial charge is 0.125 e. The van der Waals surface area contributed by atoms with Gasteiger partial charge in [0.1, 0.15) is 5.82 Å². The van der Waals surface area contributed by atoms with Crippen LogP contribution in [0.4, 0.5) is 10.1 Å². The number of anilines is 1. The van der Waals surface area contributed by atoms with Gasteiger partial charge in [-0.1, -0.05) is 12.5 Å². The number of hydrogen-bond donors (Lipinski definition) is 2. The van der Waals surface area contributed by atoms with E-state index in [1.807, 2.05) is 18.0 Å². The summed E-state index contributed by atoms with van der Waals surface area (Å²) in [6, 6.07) is 6.61. The number of aliphatic hydroxyl groups is 1. The molecule has 1 aromatic rings. The maximum absolute atomic E-state index is 13.2. The second-order valence-electron chi connectivity index (χ2n) is 5.67. The van der Waals surface area contributed by atoms with Crippen molar-refractivity contribution in [3.05, 3.63) is 30.1 Å². The fourth-order valence-electron chi connectivity index (χ4n) is 3.00. The van der Waals surface area contributed by atoms with Crippen molar-refractivity contribution in [2.24, 2.45) is 11.7 Å². The minimum absolute atomic E-state index is 0.0569. The van der Waals surface area contributed by atoms with Crippen LogP contribution >= 0.6 is 0 Å². The Bertz CT molecular complexity index is 426. The van der Waals surface area contributed by atoms with E-state index in [-0.39, 0.29) is 12.4 Å². The van der Waals surface area contributed by atoms with Gasteiger partial charge in [-0.2, -0.15) is 0 Å². The van der Waals surface area contributed by atoms with Crippen molar-refractivity contribution in [2.45, 2.75) is 31.2 Å². The average Bonchev–Trinajstić information content (AvgIpc) is 2.78. The molecule has 0 aromatic heterocycles. The van der Waals surface area contributed by atoms with Gasteiger partial charge in [-0.3, -0.25) is 0 Å². The summed E-state index contributed by atoms with van der Waals surface area (Å²) in [4.78, 5) is 2.04. The van der Waals surface area contributed by atoms with E-state index >= 15 is 0 Å². The van der Waals surface area contributed by atoms with Crippen molar-refractivity contribution in [3.63, 3.8) is 0 Å². The van der Waals surface area contributed by atoms with Gasteiger partial charge in [0.25, 0.3) is 0 Å². The molecule has 1 aliphatic rings. The Balaban J connectivity index is 1.92. The fraction of sp³-hybridized carbons (Fsp3) is 0.600. The lowest BCUT2D eigenvalue weighted by Crippen LogP contribution is -2.47. The highest BCUT2D eigenvalue weighted by atomic mass is 19.1. The van der Waals surface area contributed by atoms with Gasteiger partial charge < -0.3 is 15.7 Å². The zero-order valence-electron chi connectivity index (χ0n) is 11.5. The summed E-state index contributed by atoms with van der Waals surface area (Å²) >= 11 is 0. The number of nitrogens with zero attached hydrogens (tertiary/aromatic N) is 1. The Hall–Kier alpha value is -1.13. The zero-order valence-corrected chi connectivity index (χ0v) is 11.5. The van der Waals surface area contributed by atoms with Crippen molar-refractivity contribution in [1.82, 2.24) is 0 Å². The molecule has 2 rings (SSSR count). The first kappa shape index (κ1) is 14.3. The molecule has 2 atom stereocenters. The number of nitrogens with two attached hydrogens (primary N) is 1. The molecule has 3 N–H and O–H groups in total. The first-order valence-electron chi connectivity index (χ1n) is 6.91. The first-order valence-corrected chi connectivity index (χ1v) is 6.91. The Morgan fingerprint density at radius 1 is 1.53 bits per heavy atom. The van der Waals surface area contributed by atoms with Crippen LogP contribution in [0.15, 0.2) is 24.3 Å². The SMILES string of the molecule is CN(CCC1CCCC1(N)CO)c1cccc(F)c1. The largest absolute Gasteiger partial charge is 0.394 e. The molecule has 0 heterocycles. The number of hydrogen-bond acceptors (Lipinski definition) is 3. The summed E-state index contributed by atoms with van der Waals surface area (Å²) in [7, 11) is 1.96. The van der Waals surface area contributed by atoms with Crippen molar-refractivity contribution in [2.75, 3.05) is 25.1 Å². The van der Waals surface area contributed by atoms with Crippen molar-refractivity contribution >= 4 is 5.69 Å². The van der Waals surface area contributed by atoms with E-state index in [1.165, 1.54) is 12.1 Å². The van der Waals surface area contributed by atoms with E-state index < -0.39 is 5.54 Å². The molecular formula is C15H23FN2O. The average molecular weight is 266 g/mol. The van der Waals surface area contributed by atoms with Crippen LogP contribution in [0.25, 0.3) is 0 Å². The molecule has 0 aliphatic heterocycles. The van der Waals surface area contributed by atoms with Crippen LogP contribution < -0.4 is 10.6 Å². The predicted octanol–water partition coefficient (Wildman–Crippen LogP) is 2.14. The molecule has 106 valence electrons. The maximum atomic E-state index is 13.2. The van der Waals surface area contributed by atoms with E-state index in [2.05, 4.69) is 0 Å². The van der Waals surface area contributed by atoms with E-state index in [1.54, 1.807) is 6.07 Å². The fourth-order valence-corrected chi connectivity index (χ4v) is 3.00. The third kappa shape index (κ3) is 3.25. The molecule has 1 aromatic carbocycles. The van der Waals surface area contributed by atoms with Gasteiger partial charge in [-0.25, -0.2) is 4.39 Å². The van der Waals surface area contributed by atoms with Crippen LogP contribution in [-0.4, -0.2) is 30.8 Å². The summed E-state index contributed by atoms with van der Waals surface area (Å²) < 4.78 is 13.2. The number of aliphatic hydroxyl groups excluding tert-OH is 1. The summed E-state index contributed by atoms with van der Waals surface area (Å²) in [5.74, 6) is 0.141. The quantitative estimate of drug-likeness (QED) is 0.858. The van der Waals surface area contributed by atoms with Gasteiger partial charge in [0, 0.05) is 24.8 Å². The van der Waals surface area contributed by atoms with Crippen LogP contribution in [0.3, 0.4) is 0 Å². The van der Waals surface area contributed by atoms with E-state index in [4.69, 9.17) is 5.73 Å². The third-order valence-corrected chi connectivity index (χ3v) is 4.36. The third-order valence-electron chi connectivity index (χ3n) is 4.36. The van der Waals surface area contributed by atoms with Crippen LogP contribution in [0.5, 0.6) is 0 Å². The molecule has 2 unspecified atom stereocenters. The van der Waals surface area contributed by atoms with Crippen LogP contribution in [0.2, 0.25) is 0 Å². The van der Waals surface area contributed by atoms with E-state index in [9.17, 15) is 9.50 Å². The van der Waals surface area contributed by atoms with Crippen LogP contribution in [0.1, 0.15) is 25.7 Å².